The van der Waals surface area contributed by atoms with Crippen LogP contribution in [0.25, 0.3) is 0 Å². The number of nitrogens with zero attached hydrogens (tertiary/aromatic N) is 2. The normalized spacial score (nSPS) is 26.1. The quantitative estimate of drug-likeness (QED) is 0.734. The Labute approximate surface area is 132 Å². The van der Waals surface area contributed by atoms with Crippen LogP contribution in [0.4, 0.5) is 5.69 Å². The first-order valence-corrected chi connectivity index (χ1v) is 8.45. The lowest BCUT2D eigenvalue weighted by Gasteiger charge is -2.37. The van der Waals surface area contributed by atoms with E-state index in [4.69, 9.17) is 0 Å². The molecule has 2 nitrogen and oxygen atoms in total. The number of para-hydroxylation sites is 1. The molecule has 0 amide bonds. The zero-order chi connectivity index (χ0) is 14.7. The fourth-order valence-electron chi connectivity index (χ4n) is 4.82. The van der Waals surface area contributed by atoms with Gasteiger partial charge in [-0.1, -0.05) is 42.5 Å². The molecule has 1 saturated heterocycles. The first-order chi connectivity index (χ1) is 10.8. The van der Waals surface area contributed by atoms with Crippen LogP contribution in [-0.2, 0) is 13.0 Å². The maximum Gasteiger partial charge on any atom is 0.0444 e. The van der Waals surface area contributed by atoms with E-state index in [0.29, 0.717) is 12.0 Å². The molecule has 2 aromatic rings. The zero-order valence-corrected chi connectivity index (χ0v) is 13.1. The summed E-state index contributed by atoms with van der Waals surface area (Å²) in [6.45, 7) is 3.52. The van der Waals surface area contributed by atoms with Gasteiger partial charge in [-0.15, -0.1) is 0 Å². The molecule has 0 unspecified atom stereocenters. The highest BCUT2D eigenvalue weighted by Gasteiger charge is 2.42. The summed E-state index contributed by atoms with van der Waals surface area (Å²) >= 11 is 0. The molecule has 22 heavy (non-hydrogen) atoms. The second kappa shape index (κ2) is 4.60. The van der Waals surface area contributed by atoms with Crippen molar-refractivity contribution in [2.75, 3.05) is 25.0 Å². The molecule has 0 aromatic heterocycles. The van der Waals surface area contributed by atoms with E-state index in [0.717, 1.165) is 13.0 Å². The SMILES string of the molecule is CN1CC[C@H]2[C@H](C1)c1cccc3c1N2Cc1ccccc1C3. The zero-order valence-electron chi connectivity index (χ0n) is 13.1. The van der Waals surface area contributed by atoms with Crippen molar-refractivity contribution in [3.05, 3.63) is 64.7 Å². The van der Waals surface area contributed by atoms with Gasteiger partial charge < -0.3 is 9.80 Å². The molecule has 5 rings (SSSR count). The third-order valence-corrected chi connectivity index (χ3v) is 5.86. The summed E-state index contributed by atoms with van der Waals surface area (Å²) in [6, 6.07) is 16.7. The lowest BCUT2D eigenvalue weighted by atomic mass is 9.88. The molecule has 2 aromatic carbocycles. The Bertz CT molecular complexity index is 736. The largest absolute Gasteiger partial charge is 0.363 e. The predicted octanol–water partition coefficient (Wildman–Crippen LogP) is 3.40. The second-order valence-electron chi connectivity index (χ2n) is 7.15. The van der Waals surface area contributed by atoms with Gasteiger partial charge in [0.15, 0.2) is 0 Å². The van der Waals surface area contributed by atoms with Crippen LogP contribution in [0.3, 0.4) is 0 Å². The van der Waals surface area contributed by atoms with Crippen LogP contribution in [0, 0.1) is 0 Å². The minimum Gasteiger partial charge on any atom is -0.363 e. The van der Waals surface area contributed by atoms with E-state index in [1.165, 1.54) is 36.2 Å². The molecule has 3 aliphatic rings. The summed E-state index contributed by atoms with van der Waals surface area (Å²) in [5.41, 5.74) is 7.71. The molecule has 2 heteroatoms. The highest BCUT2D eigenvalue weighted by Crippen LogP contribution is 2.48. The number of likely N-dealkylation sites (tertiary alicyclic amines) is 1. The van der Waals surface area contributed by atoms with E-state index in [1.807, 2.05) is 0 Å². The molecule has 3 heterocycles. The van der Waals surface area contributed by atoms with Crippen molar-refractivity contribution in [1.29, 1.82) is 0 Å². The summed E-state index contributed by atoms with van der Waals surface area (Å²) in [5, 5.41) is 0. The lowest BCUT2D eigenvalue weighted by Crippen LogP contribution is -2.44. The summed E-state index contributed by atoms with van der Waals surface area (Å²) < 4.78 is 0. The van der Waals surface area contributed by atoms with Crippen molar-refractivity contribution in [3.63, 3.8) is 0 Å². The van der Waals surface area contributed by atoms with Gasteiger partial charge >= 0.3 is 0 Å². The molecule has 0 N–H and O–H groups in total. The minimum atomic E-state index is 0.693. The standard InChI is InChI=1S/C20H22N2/c1-21-10-9-19-18(13-21)17-8-4-7-15-11-14-5-2-3-6-16(14)12-22(19)20(15)17/h2-8,18-19H,9-13H2,1H3/t18-,19+/m1/s1. The van der Waals surface area contributed by atoms with Gasteiger partial charge in [0.1, 0.15) is 0 Å². The molecule has 0 bridgehead atoms. The smallest absolute Gasteiger partial charge is 0.0444 e. The van der Waals surface area contributed by atoms with Crippen molar-refractivity contribution in [2.45, 2.75) is 31.3 Å². The fourth-order valence-corrected chi connectivity index (χ4v) is 4.82. The van der Waals surface area contributed by atoms with Crippen molar-refractivity contribution in [2.24, 2.45) is 0 Å². The van der Waals surface area contributed by atoms with E-state index in [9.17, 15) is 0 Å². The average molecular weight is 290 g/mol. The van der Waals surface area contributed by atoms with Crippen LogP contribution in [-0.4, -0.2) is 31.1 Å². The summed E-state index contributed by atoms with van der Waals surface area (Å²) in [5.74, 6) is 0.693. The lowest BCUT2D eigenvalue weighted by molar-refractivity contribution is 0.231. The summed E-state index contributed by atoms with van der Waals surface area (Å²) in [4.78, 5) is 5.23. The van der Waals surface area contributed by atoms with Crippen LogP contribution in [0.15, 0.2) is 42.5 Å². The monoisotopic (exact) mass is 290 g/mol. The second-order valence-corrected chi connectivity index (χ2v) is 7.15. The highest BCUT2D eigenvalue weighted by molar-refractivity contribution is 5.69. The highest BCUT2D eigenvalue weighted by atomic mass is 15.2. The Hall–Kier alpha value is -1.80. The molecule has 1 fully saturated rings. The summed E-state index contributed by atoms with van der Waals surface area (Å²) in [7, 11) is 2.27. The van der Waals surface area contributed by atoms with Crippen LogP contribution in [0.2, 0.25) is 0 Å². The van der Waals surface area contributed by atoms with E-state index in [-0.39, 0.29) is 0 Å². The molecule has 0 aliphatic carbocycles. The van der Waals surface area contributed by atoms with Gasteiger partial charge in [-0.3, -0.25) is 0 Å². The third kappa shape index (κ3) is 1.70. The maximum absolute atomic E-state index is 2.73. The van der Waals surface area contributed by atoms with E-state index < -0.39 is 0 Å². The molecular formula is C20H22N2. The number of likely N-dealkylation sites (N-methyl/N-ethyl adjacent to an activating group) is 1. The van der Waals surface area contributed by atoms with Gasteiger partial charge in [-0.05, 0) is 48.7 Å². The van der Waals surface area contributed by atoms with Gasteiger partial charge in [-0.25, -0.2) is 0 Å². The molecular weight excluding hydrogens is 268 g/mol. The van der Waals surface area contributed by atoms with Crippen molar-refractivity contribution >= 4 is 5.69 Å². The Morgan fingerprint density at radius 3 is 2.68 bits per heavy atom. The van der Waals surface area contributed by atoms with E-state index >= 15 is 0 Å². The Morgan fingerprint density at radius 2 is 1.77 bits per heavy atom. The number of benzene rings is 2. The van der Waals surface area contributed by atoms with Crippen LogP contribution in [0.1, 0.15) is 34.6 Å². The summed E-state index contributed by atoms with van der Waals surface area (Å²) in [6.07, 6.45) is 2.38. The first-order valence-electron chi connectivity index (χ1n) is 8.45. The Balaban J connectivity index is 1.69. The number of rotatable bonds is 0. The molecule has 3 aliphatic heterocycles. The van der Waals surface area contributed by atoms with Crippen LogP contribution in [0.5, 0.6) is 0 Å². The first kappa shape index (κ1) is 12.7. The van der Waals surface area contributed by atoms with Gasteiger partial charge in [-0.2, -0.15) is 0 Å². The topological polar surface area (TPSA) is 6.48 Å². The van der Waals surface area contributed by atoms with Crippen molar-refractivity contribution in [3.8, 4) is 0 Å². The number of hydrogen-bond donors (Lipinski definition) is 0. The fraction of sp³-hybridized carbons (Fsp3) is 0.400. The Kier molecular flexibility index (Phi) is 2.66. The van der Waals surface area contributed by atoms with Crippen LogP contribution < -0.4 is 4.90 Å². The molecule has 0 saturated carbocycles. The van der Waals surface area contributed by atoms with Crippen molar-refractivity contribution in [1.82, 2.24) is 4.90 Å². The minimum absolute atomic E-state index is 0.693. The van der Waals surface area contributed by atoms with Gasteiger partial charge in [0, 0.05) is 30.7 Å². The van der Waals surface area contributed by atoms with Gasteiger partial charge in [0.25, 0.3) is 0 Å². The predicted molar refractivity (Wildman–Crippen MR) is 90.5 cm³/mol. The van der Waals surface area contributed by atoms with E-state index in [1.54, 1.807) is 11.3 Å². The third-order valence-electron chi connectivity index (χ3n) is 5.86. The number of fused-ring (bicyclic) bond motifs is 4. The maximum atomic E-state index is 2.73. The number of anilines is 1. The number of hydrogen-bond acceptors (Lipinski definition) is 2. The van der Waals surface area contributed by atoms with Gasteiger partial charge in [0.05, 0.1) is 0 Å². The molecule has 0 spiro atoms. The molecule has 112 valence electrons. The van der Waals surface area contributed by atoms with Crippen LogP contribution >= 0.6 is 0 Å². The van der Waals surface area contributed by atoms with E-state index in [2.05, 4.69) is 59.3 Å². The Morgan fingerprint density at radius 1 is 0.955 bits per heavy atom. The molecule has 0 radical (unpaired) electrons. The van der Waals surface area contributed by atoms with Crippen molar-refractivity contribution < 1.29 is 0 Å². The van der Waals surface area contributed by atoms with Gasteiger partial charge in [0.2, 0.25) is 0 Å². The molecule has 2 atom stereocenters. The average Bonchev–Trinajstić information content (AvgIpc) is 2.73. The number of piperidine rings is 1.